The maximum Gasteiger partial charge on any atom is 0.255 e. The number of imidazole rings is 1. The molecule has 6 heteroatoms. The average molecular weight is 360 g/mol. The predicted octanol–water partition coefficient (Wildman–Crippen LogP) is 4.40. The molecule has 5 nitrogen and oxygen atoms in total. The Hall–Kier alpha value is -3.54. The normalized spacial score (nSPS) is 10.9. The molecule has 2 aromatic carbocycles. The Balaban J connectivity index is 1.68. The highest BCUT2D eigenvalue weighted by molar-refractivity contribution is 6.05. The Morgan fingerprint density at radius 1 is 1.07 bits per heavy atom. The van der Waals surface area contributed by atoms with Gasteiger partial charge in [-0.05, 0) is 37.1 Å². The van der Waals surface area contributed by atoms with Gasteiger partial charge in [0.15, 0.2) is 5.82 Å². The topological polar surface area (TPSA) is 59.3 Å². The van der Waals surface area contributed by atoms with E-state index in [0.29, 0.717) is 22.7 Å². The fraction of sp³-hybridized carbons (Fsp3) is 0.0952. The molecule has 0 aliphatic heterocycles. The van der Waals surface area contributed by atoms with E-state index in [4.69, 9.17) is 0 Å². The van der Waals surface area contributed by atoms with E-state index in [2.05, 4.69) is 15.3 Å². The summed E-state index contributed by atoms with van der Waals surface area (Å²) in [4.78, 5) is 21.0. The fourth-order valence-electron chi connectivity index (χ4n) is 2.93. The summed E-state index contributed by atoms with van der Waals surface area (Å²) in [6.45, 7) is 3.83. The van der Waals surface area contributed by atoms with Gasteiger partial charge in [0.1, 0.15) is 0 Å². The SMILES string of the molecule is Cc1ccc(-c2cn3cc(F)cnc3n2)cc1NC(=O)c1ccccc1C. The molecular formula is C21H17FN4O. The van der Waals surface area contributed by atoms with Crippen molar-refractivity contribution in [3.63, 3.8) is 0 Å². The van der Waals surface area contributed by atoms with Gasteiger partial charge in [-0.3, -0.25) is 9.20 Å². The number of halogens is 1. The third-order valence-electron chi connectivity index (χ3n) is 4.45. The largest absolute Gasteiger partial charge is 0.322 e. The van der Waals surface area contributed by atoms with Crippen molar-refractivity contribution in [2.45, 2.75) is 13.8 Å². The second-order valence-corrected chi connectivity index (χ2v) is 6.40. The summed E-state index contributed by atoms with van der Waals surface area (Å²) in [5.41, 5.74) is 4.66. The number of rotatable bonds is 3. The molecule has 134 valence electrons. The molecule has 2 heterocycles. The lowest BCUT2D eigenvalue weighted by atomic mass is 10.1. The van der Waals surface area contributed by atoms with Gasteiger partial charge >= 0.3 is 0 Å². The molecule has 2 aromatic heterocycles. The van der Waals surface area contributed by atoms with Crippen molar-refractivity contribution in [1.29, 1.82) is 0 Å². The van der Waals surface area contributed by atoms with Gasteiger partial charge in [0.25, 0.3) is 5.91 Å². The molecule has 1 N–H and O–H groups in total. The molecule has 0 unspecified atom stereocenters. The molecule has 0 saturated heterocycles. The third kappa shape index (κ3) is 3.29. The van der Waals surface area contributed by atoms with Gasteiger partial charge in [-0.25, -0.2) is 14.4 Å². The molecule has 0 spiro atoms. The molecule has 1 amide bonds. The first kappa shape index (κ1) is 16.9. The van der Waals surface area contributed by atoms with Crippen LogP contribution in [0.15, 0.2) is 61.1 Å². The van der Waals surface area contributed by atoms with Gasteiger partial charge in [0, 0.05) is 29.2 Å². The smallest absolute Gasteiger partial charge is 0.255 e. The van der Waals surface area contributed by atoms with E-state index in [1.54, 1.807) is 12.3 Å². The molecule has 0 aliphatic carbocycles. The van der Waals surface area contributed by atoms with Crippen molar-refractivity contribution in [1.82, 2.24) is 14.4 Å². The summed E-state index contributed by atoms with van der Waals surface area (Å²) < 4.78 is 14.9. The monoisotopic (exact) mass is 360 g/mol. The molecular weight excluding hydrogens is 343 g/mol. The lowest BCUT2D eigenvalue weighted by molar-refractivity contribution is 0.102. The van der Waals surface area contributed by atoms with Crippen LogP contribution in [0.3, 0.4) is 0 Å². The second-order valence-electron chi connectivity index (χ2n) is 6.40. The number of nitrogens with zero attached hydrogens (tertiary/aromatic N) is 3. The maximum absolute atomic E-state index is 13.3. The van der Waals surface area contributed by atoms with E-state index in [0.717, 1.165) is 22.9 Å². The Bertz CT molecular complexity index is 1170. The van der Waals surface area contributed by atoms with E-state index < -0.39 is 5.82 Å². The van der Waals surface area contributed by atoms with Gasteiger partial charge in [0.05, 0.1) is 11.9 Å². The number of carbonyl (C=O) groups is 1. The van der Waals surface area contributed by atoms with Gasteiger partial charge in [0.2, 0.25) is 5.78 Å². The zero-order chi connectivity index (χ0) is 19.0. The number of nitrogens with one attached hydrogen (secondary N) is 1. The van der Waals surface area contributed by atoms with E-state index in [1.807, 2.05) is 50.2 Å². The summed E-state index contributed by atoms with van der Waals surface area (Å²) in [5.74, 6) is -0.175. The number of hydrogen-bond donors (Lipinski definition) is 1. The van der Waals surface area contributed by atoms with Crippen molar-refractivity contribution in [2.75, 3.05) is 5.32 Å². The summed E-state index contributed by atoms with van der Waals surface area (Å²) in [6.07, 6.45) is 4.17. The zero-order valence-electron chi connectivity index (χ0n) is 14.9. The van der Waals surface area contributed by atoms with Crippen molar-refractivity contribution in [2.24, 2.45) is 0 Å². The maximum atomic E-state index is 13.3. The molecule has 0 atom stereocenters. The van der Waals surface area contributed by atoms with Crippen LogP contribution in [-0.4, -0.2) is 20.3 Å². The molecule has 0 bridgehead atoms. The minimum absolute atomic E-state index is 0.160. The van der Waals surface area contributed by atoms with Crippen LogP contribution in [0.25, 0.3) is 17.0 Å². The van der Waals surface area contributed by atoms with Crippen LogP contribution in [-0.2, 0) is 0 Å². The number of benzene rings is 2. The first-order valence-corrected chi connectivity index (χ1v) is 8.49. The molecule has 0 fully saturated rings. The summed E-state index contributed by atoms with van der Waals surface area (Å²) in [5, 5.41) is 2.97. The van der Waals surface area contributed by atoms with Gasteiger partial charge in [-0.15, -0.1) is 0 Å². The predicted molar refractivity (Wildman–Crippen MR) is 102 cm³/mol. The quantitative estimate of drug-likeness (QED) is 0.589. The molecule has 0 saturated carbocycles. The molecule has 0 aliphatic rings. The third-order valence-corrected chi connectivity index (χ3v) is 4.45. The van der Waals surface area contributed by atoms with E-state index in [-0.39, 0.29) is 5.91 Å². The molecule has 27 heavy (non-hydrogen) atoms. The average Bonchev–Trinajstić information content (AvgIpc) is 3.07. The molecule has 4 aromatic rings. The number of carbonyl (C=O) groups excluding carboxylic acids is 1. The second kappa shape index (κ2) is 6.64. The summed E-state index contributed by atoms with van der Waals surface area (Å²) >= 11 is 0. The van der Waals surface area contributed by atoms with Crippen LogP contribution >= 0.6 is 0 Å². The molecule has 0 radical (unpaired) electrons. The standard InChI is InChI=1S/C21H17FN4O/c1-13-5-3-4-6-17(13)20(27)24-18-9-15(8-7-14(18)2)19-12-26-11-16(22)10-23-21(26)25-19/h3-12H,1-2H3,(H,24,27). The summed E-state index contributed by atoms with van der Waals surface area (Å²) in [6, 6.07) is 13.1. The van der Waals surface area contributed by atoms with E-state index in [9.17, 15) is 9.18 Å². The highest BCUT2D eigenvalue weighted by Gasteiger charge is 2.12. The number of amides is 1. The zero-order valence-corrected chi connectivity index (χ0v) is 14.9. The van der Waals surface area contributed by atoms with E-state index >= 15 is 0 Å². The lowest BCUT2D eigenvalue weighted by Crippen LogP contribution is -2.14. The Labute approximate surface area is 155 Å². The van der Waals surface area contributed by atoms with Crippen LogP contribution in [0.4, 0.5) is 10.1 Å². The fourth-order valence-corrected chi connectivity index (χ4v) is 2.93. The number of hydrogen-bond acceptors (Lipinski definition) is 3. The first-order chi connectivity index (χ1) is 13.0. The number of fused-ring (bicyclic) bond motifs is 1. The Morgan fingerprint density at radius 2 is 1.89 bits per heavy atom. The highest BCUT2D eigenvalue weighted by Crippen LogP contribution is 2.25. The van der Waals surface area contributed by atoms with Gasteiger partial charge < -0.3 is 5.32 Å². The van der Waals surface area contributed by atoms with Crippen molar-refractivity contribution in [3.05, 3.63) is 83.6 Å². The van der Waals surface area contributed by atoms with Crippen LogP contribution in [0.5, 0.6) is 0 Å². The Morgan fingerprint density at radius 3 is 2.70 bits per heavy atom. The minimum atomic E-state index is -0.429. The summed E-state index contributed by atoms with van der Waals surface area (Å²) in [7, 11) is 0. The number of aryl methyl sites for hydroxylation is 2. The van der Waals surface area contributed by atoms with Crippen molar-refractivity contribution in [3.8, 4) is 11.3 Å². The van der Waals surface area contributed by atoms with Crippen LogP contribution in [0, 0.1) is 19.7 Å². The van der Waals surface area contributed by atoms with Gasteiger partial charge in [-0.2, -0.15) is 0 Å². The van der Waals surface area contributed by atoms with Crippen LogP contribution < -0.4 is 5.32 Å². The van der Waals surface area contributed by atoms with Crippen LogP contribution in [0.2, 0.25) is 0 Å². The highest BCUT2D eigenvalue weighted by atomic mass is 19.1. The molecule has 4 rings (SSSR count). The van der Waals surface area contributed by atoms with Crippen molar-refractivity contribution >= 4 is 17.4 Å². The lowest BCUT2D eigenvalue weighted by Gasteiger charge is -2.11. The van der Waals surface area contributed by atoms with Gasteiger partial charge in [-0.1, -0.05) is 30.3 Å². The minimum Gasteiger partial charge on any atom is -0.322 e. The van der Waals surface area contributed by atoms with E-state index in [1.165, 1.54) is 10.6 Å². The first-order valence-electron chi connectivity index (χ1n) is 8.49. The van der Waals surface area contributed by atoms with Crippen molar-refractivity contribution < 1.29 is 9.18 Å². The number of aromatic nitrogens is 3. The Kier molecular flexibility index (Phi) is 4.16. The van der Waals surface area contributed by atoms with Crippen LogP contribution in [0.1, 0.15) is 21.5 Å². The number of anilines is 1.